The Labute approximate surface area is 111 Å². The summed E-state index contributed by atoms with van der Waals surface area (Å²) in [6.45, 7) is 3.79. The number of aromatic nitrogens is 1. The van der Waals surface area contributed by atoms with E-state index in [1.165, 1.54) is 0 Å². The van der Waals surface area contributed by atoms with Crippen LogP contribution in [0.5, 0.6) is 11.6 Å². The number of pyridine rings is 1. The van der Waals surface area contributed by atoms with Crippen LogP contribution < -0.4 is 10.5 Å². The SMILES string of the molecule is Cc1ccc(C(N)=NO)c(Oc2ccccc2C)n1. The number of benzene rings is 1. The third kappa shape index (κ3) is 2.82. The first-order valence-corrected chi connectivity index (χ1v) is 5.81. The summed E-state index contributed by atoms with van der Waals surface area (Å²) in [5.41, 5.74) is 7.84. The van der Waals surface area contributed by atoms with Gasteiger partial charge in [-0.1, -0.05) is 23.4 Å². The monoisotopic (exact) mass is 257 g/mol. The van der Waals surface area contributed by atoms with Crippen molar-refractivity contribution in [2.75, 3.05) is 0 Å². The second-order valence-corrected chi connectivity index (χ2v) is 4.16. The van der Waals surface area contributed by atoms with Crippen molar-refractivity contribution in [3.05, 3.63) is 53.2 Å². The Morgan fingerprint density at radius 3 is 2.63 bits per heavy atom. The van der Waals surface area contributed by atoms with Gasteiger partial charge < -0.3 is 15.7 Å². The van der Waals surface area contributed by atoms with Crippen LogP contribution in [0.25, 0.3) is 0 Å². The molecule has 0 aliphatic heterocycles. The van der Waals surface area contributed by atoms with Gasteiger partial charge in [0.2, 0.25) is 5.88 Å². The third-order valence-corrected chi connectivity index (χ3v) is 2.68. The molecule has 5 nitrogen and oxygen atoms in total. The zero-order valence-corrected chi connectivity index (χ0v) is 10.8. The minimum absolute atomic E-state index is 0.0314. The molecule has 1 aromatic carbocycles. The molecule has 0 saturated heterocycles. The molecule has 1 aromatic heterocycles. The lowest BCUT2D eigenvalue weighted by Crippen LogP contribution is -2.15. The Hall–Kier alpha value is -2.56. The van der Waals surface area contributed by atoms with Gasteiger partial charge in [-0.15, -0.1) is 0 Å². The molecule has 5 heteroatoms. The predicted octanol–water partition coefficient (Wildman–Crippen LogP) is 2.59. The topological polar surface area (TPSA) is 80.7 Å². The molecule has 0 saturated carbocycles. The predicted molar refractivity (Wildman–Crippen MR) is 72.7 cm³/mol. The molecule has 0 aliphatic rings. The number of hydrogen-bond acceptors (Lipinski definition) is 4. The molecule has 0 aliphatic carbocycles. The number of rotatable bonds is 3. The zero-order valence-electron chi connectivity index (χ0n) is 10.8. The molecule has 19 heavy (non-hydrogen) atoms. The zero-order chi connectivity index (χ0) is 13.8. The molecule has 0 unspecified atom stereocenters. The minimum Gasteiger partial charge on any atom is -0.438 e. The maximum absolute atomic E-state index is 8.78. The maximum atomic E-state index is 8.78. The van der Waals surface area contributed by atoms with Crippen LogP contribution in [-0.2, 0) is 0 Å². The number of ether oxygens (including phenoxy) is 1. The van der Waals surface area contributed by atoms with E-state index in [4.69, 9.17) is 15.7 Å². The van der Waals surface area contributed by atoms with Crippen LogP contribution in [0.3, 0.4) is 0 Å². The van der Waals surface area contributed by atoms with Gasteiger partial charge in [-0.3, -0.25) is 0 Å². The van der Waals surface area contributed by atoms with Gasteiger partial charge in [0.1, 0.15) is 5.75 Å². The number of nitrogens with two attached hydrogens (primary N) is 1. The molecule has 2 rings (SSSR count). The summed E-state index contributed by atoms with van der Waals surface area (Å²) in [6, 6.07) is 11.1. The van der Waals surface area contributed by atoms with Crippen LogP contribution >= 0.6 is 0 Å². The summed E-state index contributed by atoms with van der Waals surface area (Å²) >= 11 is 0. The average molecular weight is 257 g/mol. The molecule has 98 valence electrons. The van der Waals surface area contributed by atoms with Crippen molar-refractivity contribution >= 4 is 5.84 Å². The van der Waals surface area contributed by atoms with Crippen molar-refractivity contribution in [3.8, 4) is 11.6 Å². The van der Waals surface area contributed by atoms with Gasteiger partial charge in [0.15, 0.2) is 5.84 Å². The minimum atomic E-state index is -0.0314. The Balaban J connectivity index is 2.44. The fraction of sp³-hybridized carbons (Fsp3) is 0.143. The number of hydrogen-bond donors (Lipinski definition) is 2. The Morgan fingerprint density at radius 1 is 1.21 bits per heavy atom. The number of oxime groups is 1. The van der Waals surface area contributed by atoms with E-state index in [-0.39, 0.29) is 5.84 Å². The van der Waals surface area contributed by atoms with E-state index in [0.717, 1.165) is 11.3 Å². The molecule has 0 bridgehead atoms. The number of para-hydroxylation sites is 1. The highest BCUT2D eigenvalue weighted by Gasteiger charge is 2.12. The fourth-order valence-electron chi connectivity index (χ4n) is 1.63. The van der Waals surface area contributed by atoms with E-state index in [1.807, 2.05) is 38.1 Å². The van der Waals surface area contributed by atoms with E-state index in [9.17, 15) is 0 Å². The second kappa shape index (κ2) is 5.39. The first-order valence-electron chi connectivity index (χ1n) is 5.81. The molecule has 0 fully saturated rings. The van der Waals surface area contributed by atoms with E-state index in [1.54, 1.807) is 12.1 Å². The Morgan fingerprint density at radius 2 is 1.95 bits per heavy atom. The number of aryl methyl sites for hydroxylation is 2. The van der Waals surface area contributed by atoms with Gasteiger partial charge in [-0.25, -0.2) is 4.98 Å². The Kier molecular flexibility index (Phi) is 3.66. The van der Waals surface area contributed by atoms with Crippen molar-refractivity contribution in [2.45, 2.75) is 13.8 Å². The second-order valence-electron chi connectivity index (χ2n) is 4.16. The highest BCUT2D eigenvalue weighted by atomic mass is 16.5. The summed E-state index contributed by atoms with van der Waals surface area (Å²) < 4.78 is 5.76. The van der Waals surface area contributed by atoms with E-state index in [2.05, 4.69) is 10.1 Å². The quantitative estimate of drug-likeness (QED) is 0.383. The molecular formula is C14H15N3O2. The average Bonchev–Trinajstić information content (AvgIpc) is 2.41. The van der Waals surface area contributed by atoms with Crippen molar-refractivity contribution < 1.29 is 9.94 Å². The summed E-state index contributed by atoms with van der Waals surface area (Å²) in [5, 5.41) is 11.8. The van der Waals surface area contributed by atoms with Crippen LogP contribution in [0.15, 0.2) is 41.6 Å². The van der Waals surface area contributed by atoms with E-state index in [0.29, 0.717) is 17.2 Å². The standard InChI is InChI=1S/C14H15N3O2/c1-9-5-3-4-6-12(9)19-14-11(13(15)17-18)8-7-10(2)16-14/h3-8,18H,1-2H3,(H2,15,17). The highest BCUT2D eigenvalue weighted by molar-refractivity contribution is 5.99. The third-order valence-electron chi connectivity index (χ3n) is 2.68. The van der Waals surface area contributed by atoms with Crippen molar-refractivity contribution in [3.63, 3.8) is 0 Å². The van der Waals surface area contributed by atoms with E-state index >= 15 is 0 Å². The van der Waals surface area contributed by atoms with Gasteiger partial charge in [-0.05, 0) is 37.6 Å². The molecule has 0 spiro atoms. The molecule has 0 radical (unpaired) electrons. The van der Waals surface area contributed by atoms with Crippen LogP contribution in [0.1, 0.15) is 16.8 Å². The maximum Gasteiger partial charge on any atom is 0.230 e. The van der Waals surface area contributed by atoms with Crippen molar-refractivity contribution in [1.29, 1.82) is 0 Å². The molecule has 3 N–H and O–H groups in total. The van der Waals surface area contributed by atoms with Crippen LogP contribution in [0.4, 0.5) is 0 Å². The van der Waals surface area contributed by atoms with Crippen LogP contribution in [-0.4, -0.2) is 16.0 Å². The van der Waals surface area contributed by atoms with Crippen LogP contribution in [0.2, 0.25) is 0 Å². The van der Waals surface area contributed by atoms with Crippen molar-refractivity contribution in [1.82, 2.24) is 4.98 Å². The summed E-state index contributed by atoms with van der Waals surface area (Å²) in [5.74, 6) is 0.980. The molecule has 0 amide bonds. The molecule has 0 atom stereocenters. The van der Waals surface area contributed by atoms with E-state index < -0.39 is 0 Å². The molecular weight excluding hydrogens is 242 g/mol. The van der Waals surface area contributed by atoms with Gasteiger partial charge in [0.25, 0.3) is 0 Å². The van der Waals surface area contributed by atoms with Crippen LogP contribution in [0, 0.1) is 13.8 Å². The van der Waals surface area contributed by atoms with Gasteiger partial charge in [0.05, 0.1) is 5.56 Å². The molecule has 2 aromatic rings. The fourth-order valence-corrected chi connectivity index (χ4v) is 1.63. The normalized spacial score (nSPS) is 11.4. The Bertz CT molecular complexity index is 624. The largest absolute Gasteiger partial charge is 0.438 e. The van der Waals surface area contributed by atoms with Gasteiger partial charge in [0, 0.05) is 5.69 Å². The lowest BCUT2D eigenvalue weighted by molar-refractivity contribution is 0.318. The smallest absolute Gasteiger partial charge is 0.230 e. The van der Waals surface area contributed by atoms with Gasteiger partial charge >= 0.3 is 0 Å². The highest BCUT2D eigenvalue weighted by Crippen LogP contribution is 2.26. The van der Waals surface area contributed by atoms with Gasteiger partial charge in [-0.2, -0.15) is 0 Å². The lowest BCUT2D eigenvalue weighted by Gasteiger charge is -2.11. The van der Waals surface area contributed by atoms with Crippen molar-refractivity contribution in [2.24, 2.45) is 10.9 Å². The summed E-state index contributed by atoms with van der Waals surface area (Å²) in [6.07, 6.45) is 0. The number of nitrogens with zero attached hydrogens (tertiary/aromatic N) is 2. The first-order chi connectivity index (χ1) is 9.11. The lowest BCUT2D eigenvalue weighted by atomic mass is 10.2. The summed E-state index contributed by atoms with van der Waals surface area (Å²) in [7, 11) is 0. The number of amidine groups is 1. The first kappa shape index (κ1) is 12.9. The molecule has 1 heterocycles. The summed E-state index contributed by atoms with van der Waals surface area (Å²) in [4.78, 5) is 4.28.